The zero-order valence-electron chi connectivity index (χ0n) is 58.3. The van der Waals surface area contributed by atoms with Gasteiger partial charge in [-0.05, 0) is 103 Å². The van der Waals surface area contributed by atoms with Crippen LogP contribution in [0.4, 0.5) is 0 Å². The summed E-state index contributed by atoms with van der Waals surface area (Å²) in [6.45, 7) is 4.68. The Hall–Kier alpha value is -4.31. The van der Waals surface area contributed by atoms with Gasteiger partial charge in [-0.3, -0.25) is 9.59 Å². The zero-order chi connectivity index (χ0) is 64.7. The van der Waals surface area contributed by atoms with Crippen molar-refractivity contribution >= 4 is 17.9 Å². The molecule has 0 spiro atoms. The molecule has 0 aliphatic heterocycles. The molecule has 2 atom stereocenters. The summed E-state index contributed by atoms with van der Waals surface area (Å²) in [4.78, 5) is 37.7. The van der Waals surface area contributed by atoms with E-state index < -0.39 is 24.3 Å². The van der Waals surface area contributed by atoms with Crippen molar-refractivity contribution in [2.24, 2.45) is 0 Å². The summed E-state index contributed by atoms with van der Waals surface area (Å²) >= 11 is 0. The Balaban J connectivity index is 4.08. The molecule has 2 unspecified atom stereocenters. The largest absolute Gasteiger partial charge is 0.477 e. The first kappa shape index (κ1) is 84.7. The van der Waals surface area contributed by atoms with E-state index in [0.29, 0.717) is 17.4 Å². The molecule has 89 heavy (non-hydrogen) atoms. The number of aliphatic carboxylic acids is 1. The fraction of sp³-hybridized carbons (Fsp3) is 0.713. The van der Waals surface area contributed by atoms with E-state index in [2.05, 4.69) is 135 Å². The minimum atomic E-state index is -1.52. The molecule has 0 aromatic heterocycles. The third-order valence-corrected chi connectivity index (χ3v) is 15.7. The Morgan fingerprint density at radius 3 is 0.899 bits per heavy atom. The van der Waals surface area contributed by atoms with Gasteiger partial charge >= 0.3 is 17.9 Å². The van der Waals surface area contributed by atoms with Gasteiger partial charge < -0.3 is 28.5 Å². The van der Waals surface area contributed by atoms with Crippen molar-refractivity contribution in [3.8, 4) is 0 Å². The fourth-order valence-electron chi connectivity index (χ4n) is 10.2. The van der Waals surface area contributed by atoms with Crippen LogP contribution in [0.5, 0.6) is 0 Å². The van der Waals surface area contributed by atoms with Crippen molar-refractivity contribution in [1.82, 2.24) is 0 Å². The van der Waals surface area contributed by atoms with E-state index in [1.807, 2.05) is 21.1 Å². The number of quaternary nitrogens is 1. The third-order valence-electron chi connectivity index (χ3n) is 15.7. The lowest BCUT2D eigenvalue weighted by Crippen LogP contribution is -2.40. The van der Waals surface area contributed by atoms with Gasteiger partial charge in [0.25, 0.3) is 6.29 Å². The van der Waals surface area contributed by atoms with E-state index in [9.17, 15) is 19.5 Å². The van der Waals surface area contributed by atoms with E-state index >= 15 is 0 Å². The summed E-state index contributed by atoms with van der Waals surface area (Å²) in [6.07, 6.45) is 96.0. The molecular weight excluding hydrogens is 1100 g/mol. The molecule has 0 aliphatic carbocycles. The summed E-state index contributed by atoms with van der Waals surface area (Å²) < 4.78 is 23.0. The van der Waals surface area contributed by atoms with Gasteiger partial charge in [0.1, 0.15) is 13.2 Å². The summed E-state index contributed by atoms with van der Waals surface area (Å²) in [5, 5.41) is 9.76. The number of ether oxygens (including phenoxy) is 4. The van der Waals surface area contributed by atoms with Gasteiger partial charge in [0, 0.05) is 12.8 Å². The molecule has 0 fully saturated rings. The van der Waals surface area contributed by atoms with Gasteiger partial charge in [0.2, 0.25) is 0 Å². The molecule has 0 saturated carbocycles. The maximum atomic E-state index is 13.0. The standard InChI is InChI=1S/C80H137NO8/c1-6-8-10-12-14-16-18-20-22-24-26-28-30-32-34-36-38-39-41-43-45-47-49-51-53-55-57-59-61-63-65-67-69-71-78(83)89-76(75-88-80(79(84)85)86-73-72-81(3,4)5)74-87-77(82)70-68-66-64-62-60-58-56-54-52-50-48-46-44-42-40-37-35-33-31-29-27-25-23-21-19-17-15-13-11-9-7-2/h8-11,14-17,20-23,26-29,32,34,38-39,76,80H,6-7,12-13,18-19,24-25,30-31,33,35-37,40-75H2,1-5H3/p+1/b10-8-,11-9-,16-14-,17-15-,22-20-,23-21-,28-26-,29-27-,34-32-,39-38-. The van der Waals surface area contributed by atoms with Gasteiger partial charge in [-0.15, -0.1) is 0 Å². The molecule has 1 N–H and O–H groups in total. The highest BCUT2D eigenvalue weighted by Crippen LogP contribution is 2.18. The molecule has 0 aromatic rings. The molecule has 0 radical (unpaired) electrons. The molecule has 510 valence electrons. The smallest absolute Gasteiger partial charge is 0.361 e. The first-order valence-electron chi connectivity index (χ1n) is 36.7. The maximum absolute atomic E-state index is 13.0. The lowest BCUT2D eigenvalue weighted by atomic mass is 10.0. The molecule has 0 saturated heterocycles. The topological polar surface area (TPSA) is 108 Å². The van der Waals surface area contributed by atoms with Crippen LogP contribution in [0.3, 0.4) is 0 Å². The van der Waals surface area contributed by atoms with Crippen molar-refractivity contribution < 1.29 is 42.9 Å². The predicted octanol–water partition coefficient (Wildman–Crippen LogP) is 23.1. The number of allylic oxidation sites excluding steroid dienone is 20. The number of hydrogen-bond acceptors (Lipinski definition) is 7. The first-order chi connectivity index (χ1) is 43.6. The molecule has 0 amide bonds. The highest BCUT2D eigenvalue weighted by Gasteiger charge is 2.25. The molecule has 9 nitrogen and oxygen atoms in total. The minimum Gasteiger partial charge on any atom is -0.477 e. The van der Waals surface area contributed by atoms with Gasteiger partial charge in [-0.2, -0.15) is 0 Å². The number of carbonyl (C=O) groups excluding carboxylic acids is 2. The minimum absolute atomic E-state index is 0.184. The Morgan fingerprint density at radius 2 is 0.607 bits per heavy atom. The van der Waals surface area contributed by atoms with Gasteiger partial charge in [-0.1, -0.05) is 315 Å². The van der Waals surface area contributed by atoms with Gasteiger partial charge in [-0.25, -0.2) is 4.79 Å². The number of unbranched alkanes of at least 4 members (excludes halogenated alkanes) is 32. The van der Waals surface area contributed by atoms with E-state index in [1.165, 1.54) is 180 Å². The maximum Gasteiger partial charge on any atom is 0.361 e. The number of likely N-dealkylation sites (N-methyl/N-ethyl adjacent to an activating group) is 1. The number of carbonyl (C=O) groups is 3. The van der Waals surface area contributed by atoms with E-state index in [-0.39, 0.29) is 32.2 Å². The lowest BCUT2D eigenvalue weighted by molar-refractivity contribution is -0.870. The third kappa shape index (κ3) is 71.0. The summed E-state index contributed by atoms with van der Waals surface area (Å²) in [6, 6.07) is 0. The quantitative estimate of drug-likeness (QED) is 0.0211. The molecule has 0 rings (SSSR count). The van der Waals surface area contributed by atoms with Crippen LogP contribution in [-0.4, -0.2) is 87.4 Å². The van der Waals surface area contributed by atoms with Crippen LogP contribution in [0, 0.1) is 0 Å². The van der Waals surface area contributed by atoms with Gasteiger partial charge in [0.05, 0.1) is 34.4 Å². The summed E-state index contributed by atoms with van der Waals surface area (Å²) in [5.41, 5.74) is 0. The fourth-order valence-corrected chi connectivity index (χ4v) is 10.2. The normalized spacial score (nSPS) is 13.4. The summed E-state index contributed by atoms with van der Waals surface area (Å²) in [7, 11) is 5.98. The van der Waals surface area contributed by atoms with Gasteiger partial charge in [0.15, 0.2) is 6.10 Å². The summed E-state index contributed by atoms with van der Waals surface area (Å²) in [5.74, 6) is -2.00. The van der Waals surface area contributed by atoms with Crippen LogP contribution in [0.15, 0.2) is 122 Å². The molecule has 0 aliphatic rings. The lowest BCUT2D eigenvalue weighted by Gasteiger charge is -2.25. The average Bonchev–Trinajstić information content (AvgIpc) is 3.64. The molecule has 0 heterocycles. The second-order valence-corrected chi connectivity index (χ2v) is 25.5. The second kappa shape index (κ2) is 69.6. The van der Waals surface area contributed by atoms with Crippen LogP contribution in [0.2, 0.25) is 0 Å². The first-order valence-corrected chi connectivity index (χ1v) is 36.7. The predicted molar refractivity (Wildman–Crippen MR) is 382 cm³/mol. The van der Waals surface area contributed by atoms with E-state index in [4.69, 9.17) is 18.9 Å². The molecular formula is C80H138NO8+. The molecule has 0 aromatic carbocycles. The zero-order valence-corrected chi connectivity index (χ0v) is 58.3. The Morgan fingerprint density at radius 1 is 0.337 bits per heavy atom. The van der Waals surface area contributed by atoms with E-state index in [0.717, 1.165) is 103 Å². The Kier molecular flexibility index (Phi) is 66.2. The Bertz CT molecular complexity index is 1880. The number of carboxylic acids is 1. The second-order valence-electron chi connectivity index (χ2n) is 25.5. The van der Waals surface area contributed by atoms with Crippen LogP contribution >= 0.6 is 0 Å². The van der Waals surface area contributed by atoms with Crippen LogP contribution < -0.4 is 0 Å². The number of nitrogens with zero attached hydrogens (tertiary/aromatic N) is 1. The molecule has 9 heteroatoms. The number of esters is 2. The van der Waals surface area contributed by atoms with Crippen LogP contribution in [0.25, 0.3) is 0 Å². The highest BCUT2D eigenvalue weighted by atomic mass is 16.7. The van der Waals surface area contributed by atoms with Crippen molar-refractivity contribution in [1.29, 1.82) is 0 Å². The molecule has 0 bridgehead atoms. The Labute approximate surface area is 548 Å². The van der Waals surface area contributed by atoms with Crippen LogP contribution in [-0.2, 0) is 33.3 Å². The van der Waals surface area contributed by atoms with Crippen molar-refractivity contribution in [3.05, 3.63) is 122 Å². The van der Waals surface area contributed by atoms with Crippen molar-refractivity contribution in [2.45, 2.75) is 322 Å². The van der Waals surface area contributed by atoms with Crippen molar-refractivity contribution in [3.63, 3.8) is 0 Å². The number of carboxylic acid groups (broad SMARTS) is 1. The van der Waals surface area contributed by atoms with E-state index in [1.54, 1.807) is 0 Å². The van der Waals surface area contributed by atoms with Crippen molar-refractivity contribution in [2.75, 3.05) is 47.5 Å². The average molecular weight is 1240 g/mol. The number of rotatable bonds is 67. The highest BCUT2D eigenvalue weighted by molar-refractivity contribution is 5.71. The number of hydrogen-bond donors (Lipinski definition) is 1. The monoisotopic (exact) mass is 1240 g/mol. The SMILES string of the molecule is CC/C=C\C/C=C\C/C=C\C/C=C\C/C=C\C/C=C\CCCCCCCCCCCCCCCCC(=O)OC(COC(=O)CCCCCCCCCCCCCCCCCCCC/C=C\C/C=C\C/C=C\C/C=C\CC)COC(OCC[N+](C)(C)C)C(=O)O. The van der Waals surface area contributed by atoms with Crippen LogP contribution in [0.1, 0.15) is 309 Å².